The molecule has 0 aromatic rings. The molecule has 0 saturated carbocycles. The average molecular weight is 236 g/mol. The molecule has 0 rings (SSSR count). The van der Waals surface area contributed by atoms with Gasteiger partial charge in [0.05, 0.1) is 6.17 Å². The molecule has 0 bridgehead atoms. The Labute approximate surface area is 91.4 Å². The normalized spacial score (nSPS) is 11.4. The second kappa shape index (κ2) is 7.63. The van der Waals surface area contributed by atoms with Crippen LogP contribution in [0.15, 0.2) is 0 Å². The molecule has 0 aliphatic rings. The highest BCUT2D eigenvalue weighted by Gasteiger charge is 2.40. The maximum absolute atomic E-state index is 10.6. The Balaban J connectivity index is 4.37. The third-order valence-corrected chi connectivity index (χ3v) is 4.37. The first-order valence-electron chi connectivity index (χ1n) is 5.05. The maximum Gasteiger partial charge on any atom is 0.521 e. The van der Waals surface area contributed by atoms with E-state index in [-0.39, 0.29) is 6.17 Å². The van der Waals surface area contributed by atoms with Crippen molar-refractivity contribution >= 4 is 14.8 Å². The molecule has 0 atom stereocenters. The molecule has 90 valence electrons. The van der Waals surface area contributed by atoms with E-state index in [1.165, 1.54) is 0 Å². The molecule has 15 heavy (non-hydrogen) atoms. The van der Waals surface area contributed by atoms with Gasteiger partial charge in [0.1, 0.15) is 0 Å². The van der Waals surface area contributed by atoms with Crippen LogP contribution in [0.1, 0.15) is 20.8 Å². The van der Waals surface area contributed by atoms with Gasteiger partial charge < -0.3 is 24.3 Å². The predicted molar refractivity (Wildman–Crippen MR) is 58.2 cm³/mol. The van der Waals surface area contributed by atoms with Crippen LogP contribution in [-0.4, -0.2) is 40.8 Å². The van der Waals surface area contributed by atoms with Crippen molar-refractivity contribution in [2.45, 2.75) is 20.8 Å². The summed E-state index contributed by atoms with van der Waals surface area (Å²) in [6.07, 6.45) is 0.206. The lowest BCUT2D eigenvalue weighted by Crippen LogP contribution is -2.56. The van der Waals surface area contributed by atoms with Crippen LogP contribution in [0.2, 0.25) is 0 Å². The van der Waals surface area contributed by atoms with Gasteiger partial charge in [-0.05, 0) is 20.8 Å². The van der Waals surface area contributed by atoms with E-state index in [0.29, 0.717) is 19.8 Å². The standard InChI is InChI=1S/C8H20N2O4Si/c1-4-12-15(13-5-2,14-6-3)7-10-8(9)11/h4-7H2,1-3H3,(H3,9,10,11). The summed E-state index contributed by atoms with van der Waals surface area (Å²) in [5.74, 6) is 0. The fraction of sp³-hybridized carbons (Fsp3) is 0.875. The first kappa shape index (κ1) is 14.4. The second-order valence-corrected chi connectivity index (χ2v) is 5.29. The number of carbonyl (C=O) groups excluding carboxylic acids is 1. The van der Waals surface area contributed by atoms with Gasteiger partial charge in [0.2, 0.25) is 0 Å². The zero-order chi connectivity index (χ0) is 11.7. The molecule has 0 radical (unpaired) electrons. The number of hydrogen-bond donors (Lipinski definition) is 2. The lowest BCUT2D eigenvalue weighted by Gasteiger charge is -2.28. The van der Waals surface area contributed by atoms with Gasteiger partial charge in [-0.2, -0.15) is 0 Å². The van der Waals surface area contributed by atoms with Crippen molar-refractivity contribution in [3.05, 3.63) is 0 Å². The van der Waals surface area contributed by atoms with Crippen LogP contribution in [0.5, 0.6) is 0 Å². The number of nitrogens with two attached hydrogens (primary N) is 1. The summed E-state index contributed by atoms with van der Waals surface area (Å²) in [6, 6.07) is -0.606. The number of primary amides is 1. The highest BCUT2D eigenvalue weighted by Crippen LogP contribution is 2.08. The molecule has 0 spiro atoms. The minimum Gasteiger partial charge on any atom is -0.373 e. The zero-order valence-corrected chi connectivity index (χ0v) is 10.5. The van der Waals surface area contributed by atoms with Crippen molar-refractivity contribution < 1.29 is 18.1 Å². The minimum atomic E-state index is -2.77. The van der Waals surface area contributed by atoms with Gasteiger partial charge in [0.15, 0.2) is 0 Å². The predicted octanol–water partition coefficient (Wildman–Crippen LogP) is 0.242. The number of hydrogen-bond acceptors (Lipinski definition) is 4. The topological polar surface area (TPSA) is 82.8 Å². The van der Waals surface area contributed by atoms with Crippen molar-refractivity contribution in [1.29, 1.82) is 0 Å². The van der Waals surface area contributed by atoms with Crippen LogP contribution >= 0.6 is 0 Å². The number of urea groups is 1. The summed E-state index contributed by atoms with van der Waals surface area (Å²) >= 11 is 0. The molecule has 0 fully saturated rings. The van der Waals surface area contributed by atoms with Gasteiger partial charge >= 0.3 is 14.8 Å². The number of rotatable bonds is 8. The summed E-state index contributed by atoms with van der Waals surface area (Å²) in [7, 11) is -2.77. The van der Waals surface area contributed by atoms with Crippen molar-refractivity contribution in [2.75, 3.05) is 26.0 Å². The van der Waals surface area contributed by atoms with Crippen molar-refractivity contribution in [1.82, 2.24) is 5.32 Å². The van der Waals surface area contributed by atoms with Crippen molar-refractivity contribution in [2.24, 2.45) is 5.73 Å². The van der Waals surface area contributed by atoms with Crippen LogP contribution < -0.4 is 11.1 Å². The molecule has 6 nitrogen and oxygen atoms in total. The van der Waals surface area contributed by atoms with Crippen LogP contribution in [0.4, 0.5) is 4.79 Å². The largest absolute Gasteiger partial charge is 0.521 e. The Morgan fingerprint density at radius 2 is 1.53 bits per heavy atom. The molecule has 7 heteroatoms. The van der Waals surface area contributed by atoms with E-state index >= 15 is 0 Å². The van der Waals surface area contributed by atoms with E-state index in [9.17, 15) is 4.79 Å². The molecule has 0 unspecified atom stereocenters. The van der Waals surface area contributed by atoms with Crippen LogP contribution in [0, 0.1) is 0 Å². The van der Waals surface area contributed by atoms with Gasteiger partial charge in [0.25, 0.3) is 0 Å². The van der Waals surface area contributed by atoms with E-state index in [1.807, 2.05) is 20.8 Å². The Morgan fingerprint density at radius 3 is 1.80 bits per heavy atom. The van der Waals surface area contributed by atoms with Gasteiger partial charge in [-0.25, -0.2) is 4.79 Å². The van der Waals surface area contributed by atoms with Gasteiger partial charge in [0, 0.05) is 19.8 Å². The zero-order valence-electron chi connectivity index (χ0n) is 9.54. The molecule has 0 aromatic heterocycles. The first-order chi connectivity index (χ1) is 7.10. The Kier molecular flexibility index (Phi) is 7.31. The van der Waals surface area contributed by atoms with Crippen molar-refractivity contribution in [3.63, 3.8) is 0 Å². The SMILES string of the molecule is CCO[Si](CNC(N)=O)(OCC)OCC. The molecule has 0 aliphatic heterocycles. The first-order valence-corrected chi connectivity index (χ1v) is 6.98. The average Bonchev–Trinajstić information content (AvgIpc) is 2.16. The van der Waals surface area contributed by atoms with E-state index < -0.39 is 14.8 Å². The number of nitrogens with one attached hydrogen (secondary N) is 1. The summed E-state index contributed by atoms with van der Waals surface area (Å²) in [5.41, 5.74) is 4.99. The highest BCUT2D eigenvalue weighted by molar-refractivity contribution is 6.61. The Bertz CT molecular complexity index is 174. The fourth-order valence-corrected chi connectivity index (χ4v) is 3.40. The molecular weight excluding hydrogens is 216 g/mol. The smallest absolute Gasteiger partial charge is 0.373 e. The quantitative estimate of drug-likeness (QED) is 0.591. The molecule has 2 amide bonds. The van der Waals surface area contributed by atoms with E-state index in [2.05, 4.69) is 5.32 Å². The summed E-state index contributed by atoms with van der Waals surface area (Å²) in [4.78, 5) is 10.6. The summed E-state index contributed by atoms with van der Waals surface area (Å²) in [5, 5.41) is 2.47. The summed E-state index contributed by atoms with van der Waals surface area (Å²) in [6.45, 7) is 6.99. The molecule has 0 saturated heterocycles. The highest BCUT2D eigenvalue weighted by atomic mass is 28.4. The third-order valence-electron chi connectivity index (χ3n) is 1.57. The monoisotopic (exact) mass is 236 g/mol. The van der Waals surface area contributed by atoms with E-state index in [4.69, 9.17) is 19.0 Å². The van der Waals surface area contributed by atoms with Gasteiger partial charge in [-0.3, -0.25) is 0 Å². The minimum absolute atomic E-state index is 0.206. The Morgan fingerprint density at radius 1 is 1.13 bits per heavy atom. The molecule has 0 aliphatic carbocycles. The van der Waals surface area contributed by atoms with Crippen LogP contribution in [0.3, 0.4) is 0 Å². The summed E-state index contributed by atoms with van der Waals surface area (Å²) < 4.78 is 16.5. The second-order valence-electron chi connectivity index (χ2n) is 2.70. The Hall–Kier alpha value is -0.633. The maximum atomic E-state index is 10.6. The van der Waals surface area contributed by atoms with Gasteiger partial charge in [-0.1, -0.05) is 0 Å². The van der Waals surface area contributed by atoms with E-state index in [0.717, 1.165) is 0 Å². The molecular formula is C8H20N2O4Si. The van der Waals surface area contributed by atoms with Crippen molar-refractivity contribution in [3.8, 4) is 0 Å². The van der Waals surface area contributed by atoms with E-state index in [1.54, 1.807) is 0 Å². The third kappa shape index (κ3) is 5.73. The van der Waals surface area contributed by atoms with Gasteiger partial charge in [-0.15, -0.1) is 0 Å². The molecule has 3 N–H and O–H groups in total. The molecule has 0 heterocycles. The number of amides is 2. The number of carbonyl (C=O) groups is 1. The van der Waals surface area contributed by atoms with Crippen LogP contribution in [-0.2, 0) is 13.3 Å². The molecule has 0 aromatic carbocycles. The lowest BCUT2D eigenvalue weighted by molar-refractivity contribution is 0.0708. The van der Waals surface area contributed by atoms with Crippen LogP contribution in [0.25, 0.3) is 0 Å². The lowest BCUT2D eigenvalue weighted by atomic mass is 10.9. The fourth-order valence-electron chi connectivity index (χ4n) is 1.13.